The molecule has 1 fully saturated rings. The van der Waals surface area contributed by atoms with Gasteiger partial charge in [0.15, 0.2) is 0 Å². The van der Waals surface area contributed by atoms with Crippen molar-refractivity contribution in [2.75, 3.05) is 6.61 Å². The van der Waals surface area contributed by atoms with E-state index in [0.717, 1.165) is 25.0 Å². The van der Waals surface area contributed by atoms with Gasteiger partial charge in [-0.2, -0.15) is 0 Å². The lowest BCUT2D eigenvalue weighted by Gasteiger charge is -2.37. The minimum atomic E-state index is 0.212. The van der Waals surface area contributed by atoms with Gasteiger partial charge < -0.3 is 10.1 Å². The predicted molar refractivity (Wildman–Crippen MR) is 76.4 cm³/mol. The first kappa shape index (κ1) is 14.1. The van der Waals surface area contributed by atoms with Crippen molar-refractivity contribution in [3.8, 4) is 0 Å². The normalized spacial score (nSPS) is 24.7. The van der Waals surface area contributed by atoms with E-state index < -0.39 is 0 Å². The molecule has 1 aliphatic carbocycles. The van der Waals surface area contributed by atoms with Crippen LogP contribution in [0.1, 0.15) is 38.3 Å². The molecule has 0 radical (unpaired) electrons. The number of rotatable bonds is 5. The van der Waals surface area contributed by atoms with Crippen LogP contribution in [-0.4, -0.2) is 18.8 Å². The molecule has 4 heteroatoms. The molecule has 0 spiro atoms. The fraction of sp³-hybridized carbons (Fsp3) is 0.571. The van der Waals surface area contributed by atoms with Crippen LogP contribution in [-0.2, 0) is 4.74 Å². The van der Waals surface area contributed by atoms with Gasteiger partial charge in [-0.3, -0.25) is 0 Å². The van der Waals surface area contributed by atoms with E-state index in [1.165, 1.54) is 0 Å². The Balaban J connectivity index is 1.89. The highest BCUT2D eigenvalue weighted by Crippen LogP contribution is 2.32. The standard InChI is InChI=1S/C14H19Cl2NO/c1-3-18-11-7-10(8-11)17-9(2)12-5-4-6-13(15)14(12)16/h4-6,9-11,17H,3,7-8H2,1-2H3. The maximum absolute atomic E-state index is 6.21. The molecular formula is C14H19Cl2NO. The average molecular weight is 288 g/mol. The third-order valence-electron chi connectivity index (χ3n) is 3.43. The molecular weight excluding hydrogens is 269 g/mol. The molecule has 1 aromatic carbocycles. The number of halogens is 2. The maximum atomic E-state index is 6.21. The van der Waals surface area contributed by atoms with Crippen LogP contribution in [0.2, 0.25) is 10.0 Å². The highest BCUT2D eigenvalue weighted by molar-refractivity contribution is 6.42. The summed E-state index contributed by atoms with van der Waals surface area (Å²) in [7, 11) is 0. The summed E-state index contributed by atoms with van der Waals surface area (Å²) in [6.07, 6.45) is 2.58. The summed E-state index contributed by atoms with van der Waals surface area (Å²) < 4.78 is 5.55. The molecule has 1 aromatic rings. The summed E-state index contributed by atoms with van der Waals surface area (Å²) in [5.74, 6) is 0. The molecule has 1 atom stereocenters. The summed E-state index contributed by atoms with van der Waals surface area (Å²) in [4.78, 5) is 0. The Kier molecular flexibility index (Phi) is 4.91. The second kappa shape index (κ2) is 6.25. The minimum absolute atomic E-state index is 0.212. The lowest BCUT2D eigenvalue weighted by Crippen LogP contribution is -2.46. The second-order valence-corrected chi connectivity index (χ2v) is 5.56. The van der Waals surface area contributed by atoms with E-state index in [-0.39, 0.29) is 6.04 Å². The van der Waals surface area contributed by atoms with Crippen molar-refractivity contribution in [2.45, 2.75) is 44.9 Å². The molecule has 0 saturated heterocycles. The van der Waals surface area contributed by atoms with Crippen molar-refractivity contribution in [2.24, 2.45) is 0 Å². The van der Waals surface area contributed by atoms with Gasteiger partial charge >= 0.3 is 0 Å². The van der Waals surface area contributed by atoms with Crippen LogP contribution in [0.25, 0.3) is 0 Å². The number of hydrogen-bond acceptors (Lipinski definition) is 2. The number of benzene rings is 1. The van der Waals surface area contributed by atoms with Crippen molar-refractivity contribution in [3.05, 3.63) is 33.8 Å². The van der Waals surface area contributed by atoms with Crippen LogP contribution in [0.4, 0.5) is 0 Å². The zero-order chi connectivity index (χ0) is 13.1. The first-order chi connectivity index (χ1) is 8.61. The summed E-state index contributed by atoms with van der Waals surface area (Å²) >= 11 is 12.2. The summed E-state index contributed by atoms with van der Waals surface area (Å²) in [6, 6.07) is 6.50. The van der Waals surface area contributed by atoms with Gasteiger partial charge in [0.1, 0.15) is 0 Å². The van der Waals surface area contributed by atoms with Crippen LogP contribution >= 0.6 is 23.2 Å². The maximum Gasteiger partial charge on any atom is 0.0639 e. The number of ether oxygens (including phenoxy) is 1. The molecule has 0 heterocycles. The molecule has 0 aliphatic heterocycles. The third-order valence-corrected chi connectivity index (χ3v) is 4.26. The van der Waals surface area contributed by atoms with Gasteiger partial charge in [0.05, 0.1) is 16.1 Å². The van der Waals surface area contributed by atoms with Crippen molar-refractivity contribution in [1.29, 1.82) is 0 Å². The average Bonchev–Trinajstić information content (AvgIpc) is 2.30. The molecule has 0 bridgehead atoms. The van der Waals surface area contributed by atoms with Crippen molar-refractivity contribution >= 4 is 23.2 Å². The van der Waals surface area contributed by atoms with Gasteiger partial charge in [0, 0.05) is 18.7 Å². The van der Waals surface area contributed by atoms with Gasteiger partial charge in [-0.05, 0) is 38.3 Å². The Morgan fingerprint density at radius 3 is 2.78 bits per heavy atom. The topological polar surface area (TPSA) is 21.3 Å². The first-order valence-corrected chi connectivity index (χ1v) is 7.19. The molecule has 2 nitrogen and oxygen atoms in total. The van der Waals surface area contributed by atoms with Gasteiger partial charge in [0.25, 0.3) is 0 Å². The number of nitrogens with one attached hydrogen (secondary N) is 1. The molecule has 2 rings (SSSR count). The summed E-state index contributed by atoms with van der Waals surface area (Å²) in [6.45, 7) is 4.95. The van der Waals surface area contributed by atoms with Gasteiger partial charge in [-0.15, -0.1) is 0 Å². The molecule has 1 saturated carbocycles. The van der Waals surface area contributed by atoms with E-state index in [0.29, 0.717) is 22.2 Å². The third kappa shape index (κ3) is 3.18. The quantitative estimate of drug-likeness (QED) is 0.876. The highest BCUT2D eigenvalue weighted by Gasteiger charge is 2.30. The molecule has 1 N–H and O–H groups in total. The largest absolute Gasteiger partial charge is 0.378 e. The lowest BCUT2D eigenvalue weighted by molar-refractivity contribution is -0.0120. The van der Waals surface area contributed by atoms with Crippen LogP contribution in [0, 0.1) is 0 Å². The molecule has 100 valence electrons. The Morgan fingerprint density at radius 2 is 2.11 bits per heavy atom. The monoisotopic (exact) mass is 287 g/mol. The Morgan fingerprint density at radius 1 is 1.39 bits per heavy atom. The Labute approximate surface area is 119 Å². The Hall–Kier alpha value is -0.280. The van der Waals surface area contributed by atoms with E-state index in [2.05, 4.69) is 12.2 Å². The Bertz CT molecular complexity index is 405. The molecule has 18 heavy (non-hydrogen) atoms. The zero-order valence-electron chi connectivity index (χ0n) is 10.7. The molecule has 1 aliphatic rings. The number of hydrogen-bond donors (Lipinski definition) is 1. The SMILES string of the molecule is CCOC1CC(NC(C)c2cccc(Cl)c2Cl)C1. The van der Waals surface area contributed by atoms with Crippen LogP contribution in [0.15, 0.2) is 18.2 Å². The fourth-order valence-electron chi connectivity index (χ4n) is 2.37. The van der Waals surface area contributed by atoms with Gasteiger partial charge in [-0.1, -0.05) is 35.3 Å². The summed E-state index contributed by atoms with van der Waals surface area (Å²) in [5.41, 5.74) is 1.06. The van der Waals surface area contributed by atoms with Crippen LogP contribution in [0.5, 0.6) is 0 Å². The van der Waals surface area contributed by atoms with E-state index in [9.17, 15) is 0 Å². The second-order valence-electron chi connectivity index (χ2n) is 4.78. The molecule has 0 aromatic heterocycles. The predicted octanol–water partition coefficient (Wildman–Crippen LogP) is 4.21. The zero-order valence-corrected chi connectivity index (χ0v) is 12.3. The van der Waals surface area contributed by atoms with E-state index in [4.69, 9.17) is 27.9 Å². The smallest absolute Gasteiger partial charge is 0.0639 e. The van der Waals surface area contributed by atoms with E-state index in [1.54, 1.807) is 0 Å². The molecule has 1 unspecified atom stereocenters. The summed E-state index contributed by atoms with van der Waals surface area (Å²) in [5, 5.41) is 4.83. The van der Waals surface area contributed by atoms with Crippen LogP contribution < -0.4 is 5.32 Å². The van der Waals surface area contributed by atoms with Crippen molar-refractivity contribution in [3.63, 3.8) is 0 Å². The first-order valence-electron chi connectivity index (χ1n) is 6.43. The lowest BCUT2D eigenvalue weighted by atomic mass is 9.88. The molecule has 0 amide bonds. The van der Waals surface area contributed by atoms with E-state index >= 15 is 0 Å². The van der Waals surface area contributed by atoms with Crippen molar-refractivity contribution < 1.29 is 4.74 Å². The highest BCUT2D eigenvalue weighted by atomic mass is 35.5. The van der Waals surface area contributed by atoms with Crippen LogP contribution in [0.3, 0.4) is 0 Å². The van der Waals surface area contributed by atoms with Gasteiger partial charge in [0.2, 0.25) is 0 Å². The van der Waals surface area contributed by atoms with E-state index in [1.807, 2.05) is 25.1 Å². The van der Waals surface area contributed by atoms with Gasteiger partial charge in [-0.25, -0.2) is 0 Å². The minimum Gasteiger partial charge on any atom is -0.378 e. The fourth-order valence-corrected chi connectivity index (χ4v) is 2.84. The van der Waals surface area contributed by atoms with Crippen molar-refractivity contribution in [1.82, 2.24) is 5.32 Å².